The fourth-order valence-electron chi connectivity index (χ4n) is 2.69. The summed E-state index contributed by atoms with van der Waals surface area (Å²) in [7, 11) is 0. The zero-order chi connectivity index (χ0) is 16.8. The smallest absolute Gasteiger partial charge is 0.319 e. The van der Waals surface area contributed by atoms with Crippen molar-refractivity contribution in [1.29, 1.82) is 0 Å². The van der Waals surface area contributed by atoms with Crippen molar-refractivity contribution in [2.75, 3.05) is 11.9 Å². The lowest BCUT2D eigenvalue weighted by Gasteiger charge is -2.26. The number of hydrogen-bond acceptors (Lipinski definition) is 3. The number of nitrogens with one attached hydrogen (secondary N) is 2. The lowest BCUT2D eigenvalue weighted by molar-refractivity contribution is -0.142. The number of carbonyl (C=O) groups is 2. The van der Waals surface area contributed by atoms with Gasteiger partial charge in [-0.25, -0.2) is 4.79 Å². The number of urea groups is 1. The largest absolute Gasteiger partial charge is 0.492 e. The summed E-state index contributed by atoms with van der Waals surface area (Å²) in [6, 6.07) is 4.75. The van der Waals surface area contributed by atoms with Gasteiger partial charge >= 0.3 is 12.0 Å². The molecule has 3 N–H and O–H groups in total. The van der Waals surface area contributed by atoms with E-state index in [9.17, 15) is 9.59 Å². The van der Waals surface area contributed by atoms with E-state index in [4.69, 9.17) is 21.4 Å². The van der Waals surface area contributed by atoms with Crippen LogP contribution in [0.3, 0.4) is 0 Å². The van der Waals surface area contributed by atoms with Gasteiger partial charge in [0.05, 0.1) is 17.5 Å². The van der Waals surface area contributed by atoms with Gasteiger partial charge in [-0.1, -0.05) is 11.6 Å². The summed E-state index contributed by atoms with van der Waals surface area (Å²) in [6.07, 6.45) is 2.53. The first-order valence-electron chi connectivity index (χ1n) is 7.72. The van der Waals surface area contributed by atoms with Gasteiger partial charge in [0.15, 0.2) is 0 Å². The highest BCUT2D eigenvalue weighted by atomic mass is 35.5. The van der Waals surface area contributed by atoms with Gasteiger partial charge in [0, 0.05) is 11.7 Å². The number of ether oxygens (including phenoxy) is 1. The van der Waals surface area contributed by atoms with E-state index in [2.05, 4.69) is 10.6 Å². The monoisotopic (exact) mass is 340 g/mol. The van der Waals surface area contributed by atoms with Crippen LogP contribution in [0.25, 0.3) is 0 Å². The maximum atomic E-state index is 12.0. The van der Waals surface area contributed by atoms with Gasteiger partial charge in [-0.15, -0.1) is 0 Å². The van der Waals surface area contributed by atoms with Crippen LogP contribution >= 0.6 is 11.6 Å². The highest BCUT2D eigenvalue weighted by Gasteiger charge is 2.26. The Kier molecular flexibility index (Phi) is 6.10. The molecule has 0 bridgehead atoms. The molecule has 0 atom stereocenters. The van der Waals surface area contributed by atoms with Crippen molar-refractivity contribution in [1.82, 2.24) is 5.32 Å². The van der Waals surface area contributed by atoms with Crippen LogP contribution in [0.4, 0.5) is 10.5 Å². The Hall–Kier alpha value is -1.95. The minimum absolute atomic E-state index is 0.00349. The summed E-state index contributed by atoms with van der Waals surface area (Å²) in [5.74, 6) is -0.468. The van der Waals surface area contributed by atoms with E-state index in [-0.39, 0.29) is 18.0 Å². The Balaban J connectivity index is 1.83. The van der Waals surface area contributed by atoms with Gasteiger partial charge in [-0.2, -0.15) is 0 Å². The number of hydrogen-bond donors (Lipinski definition) is 3. The molecular weight excluding hydrogens is 320 g/mol. The summed E-state index contributed by atoms with van der Waals surface area (Å²) in [5, 5.41) is 15.0. The molecule has 7 heteroatoms. The van der Waals surface area contributed by atoms with Crippen molar-refractivity contribution in [2.24, 2.45) is 5.92 Å². The molecule has 0 radical (unpaired) electrons. The Bertz CT molecular complexity index is 571. The van der Waals surface area contributed by atoms with Gasteiger partial charge in [-0.3, -0.25) is 4.79 Å². The minimum atomic E-state index is -0.753. The number of carbonyl (C=O) groups excluding carboxylic acids is 1. The van der Waals surface area contributed by atoms with Crippen LogP contribution in [0.15, 0.2) is 18.2 Å². The normalized spacial score (nSPS) is 20.6. The molecule has 1 fully saturated rings. The van der Waals surface area contributed by atoms with E-state index < -0.39 is 5.97 Å². The van der Waals surface area contributed by atoms with Gasteiger partial charge in [0.2, 0.25) is 0 Å². The number of carboxylic acids is 1. The molecule has 0 aromatic heterocycles. The molecule has 126 valence electrons. The van der Waals surface area contributed by atoms with Gasteiger partial charge in [-0.05, 0) is 50.8 Å². The van der Waals surface area contributed by atoms with Crippen molar-refractivity contribution < 1.29 is 19.4 Å². The molecule has 2 rings (SSSR count). The van der Waals surface area contributed by atoms with Gasteiger partial charge in [0.25, 0.3) is 0 Å². The quantitative estimate of drug-likeness (QED) is 0.765. The number of carboxylic acid groups (broad SMARTS) is 1. The first kappa shape index (κ1) is 17.4. The zero-order valence-corrected chi connectivity index (χ0v) is 13.7. The average Bonchev–Trinajstić information content (AvgIpc) is 2.50. The Morgan fingerprint density at radius 3 is 2.57 bits per heavy atom. The summed E-state index contributed by atoms with van der Waals surface area (Å²) < 4.78 is 5.34. The lowest BCUT2D eigenvalue weighted by atomic mass is 9.86. The molecule has 6 nitrogen and oxygen atoms in total. The first-order chi connectivity index (χ1) is 11.0. The van der Waals surface area contributed by atoms with Crippen LogP contribution in [-0.2, 0) is 4.79 Å². The average molecular weight is 341 g/mol. The highest BCUT2D eigenvalue weighted by molar-refractivity contribution is 6.32. The predicted octanol–water partition coefficient (Wildman–Crippen LogP) is 3.50. The third-order valence-corrected chi connectivity index (χ3v) is 4.20. The molecule has 1 aromatic rings. The second-order valence-corrected chi connectivity index (χ2v) is 5.97. The number of benzene rings is 1. The third-order valence-electron chi connectivity index (χ3n) is 3.90. The lowest BCUT2D eigenvalue weighted by Crippen LogP contribution is -2.40. The maximum absolute atomic E-state index is 12.0. The SMILES string of the molecule is CCOc1ccc(NC(=O)NC2CCC(C(=O)O)CC2)cc1Cl. The summed E-state index contributed by atoms with van der Waals surface area (Å²) >= 11 is 6.08. The molecule has 1 aliphatic carbocycles. The summed E-state index contributed by atoms with van der Waals surface area (Å²) in [5.41, 5.74) is 0.579. The van der Waals surface area contributed by atoms with Crippen molar-refractivity contribution >= 4 is 29.3 Å². The Labute approximate surface area is 140 Å². The van der Waals surface area contributed by atoms with E-state index in [0.717, 1.165) is 0 Å². The molecule has 1 saturated carbocycles. The molecule has 0 saturated heterocycles. The molecule has 0 heterocycles. The van der Waals surface area contributed by atoms with Gasteiger partial charge < -0.3 is 20.5 Å². The van der Waals surface area contributed by atoms with Crippen molar-refractivity contribution in [3.8, 4) is 5.75 Å². The minimum Gasteiger partial charge on any atom is -0.492 e. The molecule has 0 unspecified atom stereocenters. The summed E-state index contributed by atoms with van der Waals surface area (Å²) in [6.45, 7) is 2.39. The first-order valence-corrected chi connectivity index (χ1v) is 8.10. The van der Waals surface area contributed by atoms with E-state index in [1.54, 1.807) is 18.2 Å². The second-order valence-electron chi connectivity index (χ2n) is 5.56. The maximum Gasteiger partial charge on any atom is 0.319 e. The van der Waals surface area contributed by atoms with Crippen LogP contribution < -0.4 is 15.4 Å². The van der Waals surface area contributed by atoms with Crippen LogP contribution in [-0.4, -0.2) is 29.8 Å². The van der Waals surface area contributed by atoms with Gasteiger partial charge in [0.1, 0.15) is 5.75 Å². The van der Waals surface area contributed by atoms with Crippen molar-refractivity contribution in [2.45, 2.75) is 38.6 Å². The molecule has 1 aromatic carbocycles. The Morgan fingerprint density at radius 1 is 1.30 bits per heavy atom. The topological polar surface area (TPSA) is 87.7 Å². The molecule has 1 aliphatic rings. The standard InChI is InChI=1S/C16H21ClN2O4/c1-2-23-14-8-7-12(9-13(14)17)19-16(22)18-11-5-3-10(4-6-11)15(20)21/h7-11H,2-6H2,1H3,(H,20,21)(H2,18,19,22). The second kappa shape index (κ2) is 8.06. The van der Waals surface area contributed by atoms with E-state index >= 15 is 0 Å². The predicted molar refractivity (Wildman–Crippen MR) is 88.2 cm³/mol. The Morgan fingerprint density at radius 2 is 2.00 bits per heavy atom. The number of aliphatic carboxylic acids is 1. The molecular formula is C16H21ClN2O4. The van der Waals surface area contributed by atoms with E-state index in [1.165, 1.54) is 0 Å². The number of anilines is 1. The fraction of sp³-hybridized carbons (Fsp3) is 0.500. The van der Waals surface area contributed by atoms with Crippen molar-refractivity contribution in [3.05, 3.63) is 23.2 Å². The fourth-order valence-corrected chi connectivity index (χ4v) is 2.92. The molecule has 23 heavy (non-hydrogen) atoms. The zero-order valence-electron chi connectivity index (χ0n) is 13.0. The van der Waals surface area contributed by atoms with Crippen LogP contribution in [0.2, 0.25) is 5.02 Å². The van der Waals surface area contributed by atoms with Crippen LogP contribution in [0.1, 0.15) is 32.6 Å². The number of rotatable bonds is 5. The number of amides is 2. The number of halogens is 1. The van der Waals surface area contributed by atoms with E-state index in [1.807, 2.05) is 6.92 Å². The summed E-state index contributed by atoms with van der Waals surface area (Å²) in [4.78, 5) is 22.9. The van der Waals surface area contributed by atoms with Crippen LogP contribution in [0.5, 0.6) is 5.75 Å². The third kappa shape index (κ3) is 5.03. The molecule has 0 aliphatic heterocycles. The highest BCUT2D eigenvalue weighted by Crippen LogP contribution is 2.28. The molecule has 0 spiro atoms. The van der Waals surface area contributed by atoms with E-state index in [0.29, 0.717) is 48.7 Å². The molecule has 2 amide bonds. The van der Waals surface area contributed by atoms with Crippen molar-refractivity contribution in [3.63, 3.8) is 0 Å². The van der Waals surface area contributed by atoms with Crippen LogP contribution in [0, 0.1) is 5.92 Å².